The van der Waals surface area contributed by atoms with Gasteiger partial charge in [0, 0.05) is 24.2 Å². The molecule has 0 amide bonds. The second kappa shape index (κ2) is 7.53. The van der Waals surface area contributed by atoms with Crippen LogP contribution >= 0.6 is 23.4 Å². The van der Waals surface area contributed by atoms with Crippen molar-refractivity contribution in [2.45, 2.75) is 24.4 Å². The molecule has 0 spiro atoms. The minimum Gasteiger partial charge on any atom is -0.334 e. The third kappa shape index (κ3) is 3.60. The Morgan fingerprint density at radius 2 is 2.15 bits per heavy atom. The van der Waals surface area contributed by atoms with Crippen LogP contribution in [-0.4, -0.2) is 34.5 Å². The number of hydrogen-bond donors (Lipinski definition) is 0. The summed E-state index contributed by atoms with van der Waals surface area (Å²) in [6.07, 6.45) is 3.52. The SMILES string of the molecule is CCn1c(SCc2noc(-c3cccc(Cl)c3)n2)nnc1-c1cncn1C. The molecule has 3 heterocycles. The van der Waals surface area contributed by atoms with E-state index >= 15 is 0 Å². The fraction of sp³-hybridized carbons (Fsp3) is 0.235. The maximum Gasteiger partial charge on any atom is 0.258 e. The molecule has 0 aliphatic carbocycles. The Hall–Kier alpha value is -2.65. The summed E-state index contributed by atoms with van der Waals surface area (Å²) in [5, 5.41) is 14.1. The third-order valence-electron chi connectivity index (χ3n) is 3.95. The van der Waals surface area contributed by atoms with Crippen LogP contribution in [0.3, 0.4) is 0 Å². The van der Waals surface area contributed by atoms with Crippen molar-refractivity contribution >= 4 is 23.4 Å². The lowest BCUT2D eigenvalue weighted by molar-refractivity contribution is 0.425. The standard InChI is InChI=1S/C17H16ClN7OS/c1-3-25-15(13-8-19-10-24(13)2)21-22-17(25)27-9-14-20-16(26-23-14)11-5-4-6-12(18)7-11/h4-8,10H,3,9H2,1-2H3. The first-order valence-electron chi connectivity index (χ1n) is 8.27. The van der Waals surface area contributed by atoms with Gasteiger partial charge in [0.25, 0.3) is 5.89 Å². The molecule has 0 radical (unpaired) electrons. The number of benzene rings is 1. The molecular weight excluding hydrogens is 386 g/mol. The van der Waals surface area contributed by atoms with Crippen molar-refractivity contribution in [3.8, 4) is 23.0 Å². The topological polar surface area (TPSA) is 87.4 Å². The van der Waals surface area contributed by atoms with Gasteiger partial charge in [-0.05, 0) is 25.1 Å². The summed E-state index contributed by atoms with van der Waals surface area (Å²) in [5.41, 5.74) is 1.71. The highest BCUT2D eigenvalue weighted by molar-refractivity contribution is 7.98. The second-order valence-corrected chi connectivity index (χ2v) is 7.13. The zero-order chi connectivity index (χ0) is 18.8. The van der Waals surface area contributed by atoms with E-state index in [1.807, 2.05) is 28.3 Å². The van der Waals surface area contributed by atoms with Gasteiger partial charge in [0.15, 0.2) is 16.8 Å². The highest BCUT2D eigenvalue weighted by atomic mass is 35.5. The van der Waals surface area contributed by atoms with Gasteiger partial charge in [0.05, 0.1) is 18.3 Å². The number of halogens is 1. The Morgan fingerprint density at radius 1 is 1.26 bits per heavy atom. The molecule has 0 aliphatic heterocycles. The van der Waals surface area contributed by atoms with Crippen LogP contribution in [0.15, 0.2) is 46.5 Å². The van der Waals surface area contributed by atoms with E-state index in [2.05, 4.69) is 32.2 Å². The van der Waals surface area contributed by atoms with Crippen LogP contribution in [0.1, 0.15) is 12.7 Å². The van der Waals surface area contributed by atoms with Crippen LogP contribution in [-0.2, 0) is 19.3 Å². The van der Waals surface area contributed by atoms with Crippen LogP contribution in [0.25, 0.3) is 23.0 Å². The molecule has 138 valence electrons. The molecule has 1 aromatic carbocycles. The molecular formula is C17H16ClN7OS. The number of thioether (sulfide) groups is 1. The van der Waals surface area contributed by atoms with Crippen molar-refractivity contribution in [3.05, 3.63) is 47.6 Å². The summed E-state index contributed by atoms with van der Waals surface area (Å²) < 4.78 is 9.30. The van der Waals surface area contributed by atoms with Gasteiger partial charge in [-0.3, -0.25) is 0 Å². The van der Waals surface area contributed by atoms with Gasteiger partial charge in [-0.15, -0.1) is 10.2 Å². The number of hydrogen-bond acceptors (Lipinski definition) is 7. The fourth-order valence-corrected chi connectivity index (χ4v) is 3.66. The van der Waals surface area contributed by atoms with E-state index in [1.165, 1.54) is 11.8 Å². The van der Waals surface area contributed by atoms with Gasteiger partial charge in [-0.2, -0.15) is 4.98 Å². The van der Waals surface area contributed by atoms with Gasteiger partial charge in [-0.25, -0.2) is 4.98 Å². The number of rotatable bonds is 6. The van der Waals surface area contributed by atoms with Crippen molar-refractivity contribution < 1.29 is 4.52 Å². The fourth-order valence-electron chi connectivity index (χ4n) is 2.62. The van der Waals surface area contributed by atoms with Gasteiger partial charge in [0.1, 0.15) is 5.69 Å². The predicted octanol–water partition coefficient (Wildman–Crippen LogP) is 3.69. The maximum atomic E-state index is 6.01. The normalized spacial score (nSPS) is 11.2. The molecule has 0 saturated carbocycles. The Morgan fingerprint density at radius 3 is 2.89 bits per heavy atom. The minimum atomic E-state index is 0.445. The Balaban J connectivity index is 1.51. The number of nitrogens with zero attached hydrogens (tertiary/aromatic N) is 7. The van der Waals surface area contributed by atoms with Gasteiger partial charge < -0.3 is 13.7 Å². The molecule has 0 fully saturated rings. The number of aromatic nitrogens is 7. The smallest absolute Gasteiger partial charge is 0.258 e. The molecule has 0 atom stereocenters. The lowest BCUT2D eigenvalue weighted by Gasteiger charge is -2.06. The van der Waals surface area contributed by atoms with E-state index in [0.717, 1.165) is 28.8 Å². The van der Waals surface area contributed by atoms with Crippen molar-refractivity contribution in [1.29, 1.82) is 0 Å². The molecule has 27 heavy (non-hydrogen) atoms. The zero-order valence-electron chi connectivity index (χ0n) is 14.7. The summed E-state index contributed by atoms with van der Waals surface area (Å²) in [6.45, 7) is 2.80. The lowest BCUT2D eigenvalue weighted by Crippen LogP contribution is -2.02. The largest absolute Gasteiger partial charge is 0.334 e. The molecule has 3 aromatic heterocycles. The Labute approximate surface area is 164 Å². The van der Waals surface area contributed by atoms with E-state index in [1.54, 1.807) is 24.7 Å². The monoisotopic (exact) mass is 401 g/mol. The van der Waals surface area contributed by atoms with Crippen molar-refractivity contribution in [2.24, 2.45) is 7.05 Å². The molecule has 4 rings (SSSR count). The first kappa shape index (κ1) is 17.7. The van der Waals surface area contributed by atoms with E-state index in [0.29, 0.717) is 22.5 Å². The number of aryl methyl sites for hydroxylation is 1. The van der Waals surface area contributed by atoms with Crippen molar-refractivity contribution in [3.63, 3.8) is 0 Å². The molecule has 0 aliphatic rings. The quantitative estimate of drug-likeness (QED) is 0.455. The third-order valence-corrected chi connectivity index (χ3v) is 5.15. The predicted molar refractivity (Wildman–Crippen MR) is 102 cm³/mol. The second-order valence-electron chi connectivity index (χ2n) is 5.76. The summed E-state index contributed by atoms with van der Waals surface area (Å²) in [5.74, 6) is 2.34. The highest BCUT2D eigenvalue weighted by Gasteiger charge is 2.17. The minimum absolute atomic E-state index is 0.445. The van der Waals surface area contributed by atoms with E-state index in [-0.39, 0.29) is 0 Å². The number of imidazole rings is 1. The molecule has 0 saturated heterocycles. The van der Waals surface area contributed by atoms with Crippen LogP contribution in [0, 0.1) is 0 Å². The maximum absolute atomic E-state index is 6.01. The summed E-state index contributed by atoms with van der Waals surface area (Å²) in [7, 11) is 1.93. The molecule has 4 aromatic rings. The Bertz CT molecular complexity index is 1070. The van der Waals surface area contributed by atoms with E-state index in [4.69, 9.17) is 16.1 Å². The molecule has 8 nitrogen and oxygen atoms in total. The first-order valence-corrected chi connectivity index (χ1v) is 9.63. The first-order chi connectivity index (χ1) is 13.2. The van der Waals surface area contributed by atoms with Crippen molar-refractivity contribution in [1.82, 2.24) is 34.5 Å². The highest BCUT2D eigenvalue weighted by Crippen LogP contribution is 2.27. The van der Waals surface area contributed by atoms with E-state index in [9.17, 15) is 0 Å². The van der Waals surface area contributed by atoms with Crippen molar-refractivity contribution in [2.75, 3.05) is 0 Å². The van der Waals surface area contributed by atoms with Crippen LogP contribution < -0.4 is 0 Å². The molecule has 10 heteroatoms. The lowest BCUT2D eigenvalue weighted by atomic mass is 10.2. The van der Waals surface area contributed by atoms with Crippen LogP contribution in [0.4, 0.5) is 0 Å². The zero-order valence-corrected chi connectivity index (χ0v) is 16.3. The molecule has 0 bridgehead atoms. The van der Waals surface area contributed by atoms with E-state index < -0.39 is 0 Å². The summed E-state index contributed by atoms with van der Waals surface area (Å²) in [4.78, 5) is 8.58. The molecule has 0 unspecified atom stereocenters. The average molecular weight is 402 g/mol. The van der Waals surface area contributed by atoms with Crippen LogP contribution in [0.2, 0.25) is 5.02 Å². The van der Waals surface area contributed by atoms with Gasteiger partial charge in [-0.1, -0.05) is 34.6 Å². The molecule has 0 N–H and O–H groups in total. The van der Waals surface area contributed by atoms with Gasteiger partial charge >= 0.3 is 0 Å². The van der Waals surface area contributed by atoms with Crippen LogP contribution in [0.5, 0.6) is 0 Å². The van der Waals surface area contributed by atoms with Gasteiger partial charge in [0.2, 0.25) is 0 Å². The average Bonchev–Trinajstić information content (AvgIpc) is 3.38. The summed E-state index contributed by atoms with van der Waals surface area (Å²) in [6, 6.07) is 7.32. The Kier molecular flexibility index (Phi) is 4.95. The summed E-state index contributed by atoms with van der Waals surface area (Å²) >= 11 is 7.52.